The first-order valence-corrected chi connectivity index (χ1v) is 7.12. The monoisotopic (exact) mass is 237 g/mol. The SMILES string of the molecule is CSc1ccccc1OCC1CCCCN1. The molecule has 0 saturated carbocycles. The van der Waals surface area contributed by atoms with Crippen LogP contribution in [0.5, 0.6) is 5.75 Å². The molecule has 1 N–H and O–H groups in total. The smallest absolute Gasteiger partial charge is 0.132 e. The molecule has 1 atom stereocenters. The lowest BCUT2D eigenvalue weighted by Gasteiger charge is -2.23. The predicted octanol–water partition coefficient (Wildman–Crippen LogP) is 2.93. The van der Waals surface area contributed by atoms with Gasteiger partial charge in [-0.1, -0.05) is 18.6 Å². The molecule has 0 bridgehead atoms. The molecule has 2 rings (SSSR count). The van der Waals surface area contributed by atoms with Gasteiger partial charge in [0.05, 0.1) is 0 Å². The lowest BCUT2D eigenvalue weighted by molar-refractivity contribution is 0.235. The average Bonchev–Trinajstić information content (AvgIpc) is 2.38. The minimum atomic E-state index is 0.531. The van der Waals surface area contributed by atoms with Crippen molar-refractivity contribution >= 4 is 11.8 Å². The van der Waals surface area contributed by atoms with E-state index in [1.807, 2.05) is 6.07 Å². The van der Waals surface area contributed by atoms with Crippen molar-refractivity contribution in [1.29, 1.82) is 0 Å². The highest BCUT2D eigenvalue weighted by atomic mass is 32.2. The fourth-order valence-electron chi connectivity index (χ4n) is 1.99. The van der Waals surface area contributed by atoms with Crippen LogP contribution >= 0.6 is 11.8 Å². The van der Waals surface area contributed by atoms with E-state index in [1.54, 1.807) is 11.8 Å². The number of ether oxygens (including phenoxy) is 1. The summed E-state index contributed by atoms with van der Waals surface area (Å²) in [6.07, 6.45) is 5.95. The number of rotatable bonds is 4. The van der Waals surface area contributed by atoms with Gasteiger partial charge in [0.15, 0.2) is 0 Å². The first-order chi connectivity index (χ1) is 7.90. The lowest BCUT2D eigenvalue weighted by atomic mass is 10.1. The summed E-state index contributed by atoms with van der Waals surface area (Å²) in [4.78, 5) is 1.22. The van der Waals surface area contributed by atoms with Gasteiger partial charge in [0.1, 0.15) is 12.4 Å². The second kappa shape index (κ2) is 6.16. The molecular weight excluding hydrogens is 218 g/mol. The summed E-state index contributed by atoms with van der Waals surface area (Å²) in [6.45, 7) is 1.93. The molecule has 88 valence electrons. The molecule has 1 saturated heterocycles. The quantitative estimate of drug-likeness (QED) is 0.814. The van der Waals surface area contributed by atoms with E-state index >= 15 is 0 Å². The Hall–Kier alpha value is -0.670. The van der Waals surface area contributed by atoms with Crippen molar-refractivity contribution in [2.75, 3.05) is 19.4 Å². The van der Waals surface area contributed by atoms with Crippen molar-refractivity contribution in [1.82, 2.24) is 5.32 Å². The molecule has 1 unspecified atom stereocenters. The highest BCUT2D eigenvalue weighted by Gasteiger charge is 2.13. The van der Waals surface area contributed by atoms with Crippen LogP contribution in [-0.4, -0.2) is 25.4 Å². The van der Waals surface area contributed by atoms with Gasteiger partial charge >= 0.3 is 0 Å². The van der Waals surface area contributed by atoms with Gasteiger partial charge in [-0.2, -0.15) is 0 Å². The second-order valence-electron chi connectivity index (χ2n) is 4.11. The molecule has 0 aromatic heterocycles. The average molecular weight is 237 g/mol. The molecule has 3 heteroatoms. The largest absolute Gasteiger partial charge is 0.491 e. The molecule has 1 aromatic rings. The normalized spacial score (nSPS) is 20.7. The first kappa shape index (κ1) is 11.8. The molecule has 1 fully saturated rings. The van der Waals surface area contributed by atoms with E-state index in [0.717, 1.165) is 18.9 Å². The number of hydrogen-bond acceptors (Lipinski definition) is 3. The third-order valence-electron chi connectivity index (χ3n) is 2.92. The highest BCUT2D eigenvalue weighted by molar-refractivity contribution is 7.98. The number of hydrogen-bond donors (Lipinski definition) is 1. The molecule has 1 aliphatic rings. The van der Waals surface area contributed by atoms with Gasteiger partial charge in [0.2, 0.25) is 0 Å². The van der Waals surface area contributed by atoms with E-state index in [0.29, 0.717) is 6.04 Å². The van der Waals surface area contributed by atoms with Crippen LogP contribution in [0.2, 0.25) is 0 Å². The Kier molecular flexibility index (Phi) is 4.55. The number of benzene rings is 1. The van der Waals surface area contributed by atoms with Gasteiger partial charge in [0.25, 0.3) is 0 Å². The summed E-state index contributed by atoms with van der Waals surface area (Å²) in [5, 5.41) is 3.50. The first-order valence-electron chi connectivity index (χ1n) is 5.89. The Morgan fingerprint density at radius 2 is 2.25 bits per heavy atom. The van der Waals surface area contributed by atoms with Crippen molar-refractivity contribution < 1.29 is 4.74 Å². The van der Waals surface area contributed by atoms with Crippen LogP contribution < -0.4 is 10.1 Å². The summed E-state index contributed by atoms with van der Waals surface area (Å²) >= 11 is 1.74. The highest BCUT2D eigenvalue weighted by Crippen LogP contribution is 2.27. The van der Waals surface area contributed by atoms with Gasteiger partial charge in [-0.3, -0.25) is 0 Å². The molecule has 0 radical (unpaired) electrons. The molecule has 2 nitrogen and oxygen atoms in total. The molecule has 1 aliphatic heterocycles. The zero-order valence-electron chi connectivity index (χ0n) is 9.74. The second-order valence-corrected chi connectivity index (χ2v) is 4.96. The van der Waals surface area contributed by atoms with Crippen LogP contribution in [0, 0.1) is 0 Å². The van der Waals surface area contributed by atoms with Crippen LogP contribution in [0.25, 0.3) is 0 Å². The molecule has 1 heterocycles. The van der Waals surface area contributed by atoms with Gasteiger partial charge in [-0.25, -0.2) is 0 Å². The van der Waals surface area contributed by atoms with E-state index in [-0.39, 0.29) is 0 Å². The molecular formula is C13H19NOS. The predicted molar refractivity (Wildman–Crippen MR) is 69.4 cm³/mol. The zero-order valence-corrected chi connectivity index (χ0v) is 10.6. The molecule has 16 heavy (non-hydrogen) atoms. The lowest BCUT2D eigenvalue weighted by Crippen LogP contribution is -2.38. The summed E-state index contributed by atoms with van der Waals surface area (Å²) in [7, 11) is 0. The third-order valence-corrected chi connectivity index (χ3v) is 3.70. The summed E-state index contributed by atoms with van der Waals surface area (Å²) in [6, 6.07) is 8.77. The fraction of sp³-hybridized carbons (Fsp3) is 0.538. The molecule has 0 spiro atoms. The van der Waals surface area contributed by atoms with Gasteiger partial charge in [0, 0.05) is 10.9 Å². The van der Waals surface area contributed by atoms with Crippen molar-refractivity contribution in [3.8, 4) is 5.75 Å². The number of nitrogens with one attached hydrogen (secondary N) is 1. The summed E-state index contributed by atoms with van der Waals surface area (Å²) in [5.41, 5.74) is 0. The van der Waals surface area contributed by atoms with Crippen molar-refractivity contribution in [2.45, 2.75) is 30.2 Å². The van der Waals surface area contributed by atoms with Crippen molar-refractivity contribution in [3.05, 3.63) is 24.3 Å². The van der Waals surface area contributed by atoms with Crippen molar-refractivity contribution in [2.24, 2.45) is 0 Å². The maximum absolute atomic E-state index is 5.88. The van der Waals surface area contributed by atoms with E-state index in [9.17, 15) is 0 Å². The van der Waals surface area contributed by atoms with E-state index in [2.05, 4.69) is 29.8 Å². The van der Waals surface area contributed by atoms with Crippen LogP contribution in [0.1, 0.15) is 19.3 Å². The summed E-state index contributed by atoms with van der Waals surface area (Å²) in [5.74, 6) is 1.02. The zero-order chi connectivity index (χ0) is 11.2. The topological polar surface area (TPSA) is 21.3 Å². The Labute approximate surface area is 102 Å². The Morgan fingerprint density at radius 1 is 1.38 bits per heavy atom. The summed E-state index contributed by atoms with van der Waals surface area (Å²) < 4.78 is 5.88. The Bertz CT molecular complexity index is 323. The maximum atomic E-state index is 5.88. The van der Waals surface area contributed by atoms with Crippen LogP contribution in [-0.2, 0) is 0 Å². The Morgan fingerprint density at radius 3 is 3.00 bits per heavy atom. The van der Waals surface area contributed by atoms with Gasteiger partial charge in [-0.05, 0) is 37.8 Å². The van der Waals surface area contributed by atoms with Gasteiger partial charge < -0.3 is 10.1 Å². The minimum Gasteiger partial charge on any atom is -0.491 e. The molecule has 1 aromatic carbocycles. The van der Waals surface area contributed by atoms with E-state index < -0.39 is 0 Å². The van der Waals surface area contributed by atoms with Crippen LogP contribution in [0.4, 0.5) is 0 Å². The number of thioether (sulfide) groups is 1. The van der Waals surface area contributed by atoms with Crippen molar-refractivity contribution in [3.63, 3.8) is 0 Å². The molecule has 0 amide bonds. The molecule has 0 aliphatic carbocycles. The standard InChI is InChI=1S/C13H19NOS/c1-16-13-8-3-2-7-12(13)15-10-11-6-4-5-9-14-11/h2-3,7-8,11,14H,4-6,9-10H2,1H3. The van der Waals surface area contributed by atoms with Gasteiger partial charge in [-0.15, -0.1) is 11.8 Å². The minimum absolute atomic E-state index is 0.531. The van der Waals surface area contributed by atoms with E-state index in [1.165, 1.54) is 24.2 Å². The van der Waals surface area contributed by atoms with E-state index in [4.69, 9.17) is 4.74 Å². The maximum Gasteiger partial charge on any atom is 0.132 e. The Balaban J connectivity index is 1.88. The third kappa shape index (κ3) is 3.16. The fourth-order valence-corrected chi connectivity index (χ4v) is 2.54. The van der Waals surface area contributed by atoms with Crippen LogP contribution in [0.15, 0.2) is 29.2 Å². The number of piperidine rings is 1. The number of para-hydroxylation sites is 1. The van der Waals surface area contributed by atoms with Crippen LogP contribution in [0.3, 0.4) is 0 Å².